The van der Waals surface area contributed by atoms with Crippen LogP contribution in [0.4, 0.5) is 0 Å². The number of furan rings is 1. The Morgan fingerprint density at radius 3 is 2.94 bits per heavy atom. The smallest absolute Gasteiger partial charge is 0.372 e. The minimum Gasteiger partial charge on any atom is -0.475 e. The van der Waals surface area contributed by atoms with Crippen LogP contribution >= 0.6 is 0 Å². The van der Waals surface area contributed by atoms with Crippen molar-refractivity contribution in [1.29, 1.82) is 0 Å². The molecular formula is C11H14N2O4. The second kappa shape index (κ2) is 4.58. The predicted octanol–water partition coefficient (Wildman–Crippen LogP) is 0.285. The van der Waals surface area contributed by atoms with E-state index in [2.05, 4.69) is 0 Å². The van der Waals surface area contributed by atoms with E-state index in [0.29, 0.717) is 18.7 Å². The molecule has 0 spiro atoms. The van der Waals surface area contributed by atoms with E-state index in [0.717, 1.165) is 13.0 Å². The first-order valence-corrected chi connectivity index (χ1v) is 5.39. The van der Waals surface area contributed by atoms with Gasteiger partial charge in [-0.2, -0.15) is 0 Å². The molecule has 92 valence electrons. The van der Waals surface area contributed by atoms with Crippen molar-refractivity contribution in [3.8, 4) is 0 Å². The number of carboxylic acids is 1. The number of rotatable bonds is 4. The van der Waals surface area contributed by atoms with Crippen LogP contribution in [0.5, 0.6) is 0 Å². The highest BCUT2D eigenvalue weighted by atomic mass is 16.4. The van der Waals surface area contributed by atoms with Gasteiger partial charge in [0.2, 0.25) is 11.7 Å². The zero-order valence-corrected chi connectivity index (χ0v) is 9.26. The number of carboxylic acid groups (broad SMARTS) is 1. The summed E-state index contributed by atoms with van der Waals surface area (Å²) in [6.45, 7) is 1.80. The standard InChI is InChI=1S/C11H14N2O4/c12-10(14)8-1-3-13(6-8)5-7-2-4-17-9(7)11(15)16/h2,4,8H,1,3,5-6H2,(H2,12,14)(H,15,16). The van der Waals surface area contributed by atoms with Crippen LogP contribution in [0.1, 0.15) is 22.5 Å². The predicted molar refractivity (Wildman–Crippen MR) is 58.2 cm³/mol. The third-order valence-electron chi connectivity index (χ3n) is 3.01. The highest BCUT2D eigenvalue weighted by Gasteiger charge is 2.27. The second-order valence-electron chi connectivity index (χ2n) is 4.20. The van der Waals surface area contributed by atoms with Gasteiger partial charge >= 0.3 is 5.97 Å². The Labute approximate surface area is 98.0 Å². The molecule has 17 heavy (non-hydrogen) atoms. The summed E-state index contributed by atoms with van der Waals surface area (Å²) in [5.74, 6) is -1.53. The van der Waals surface area contributed by atoms with Crippen LogP contribution in [0.2, 0.25) is 0 Å². The highest BCUT2D eigenvalue weighted by molar-refractivity contribution is 5.86. The summed E-state index contributed by atoms with van der Waals surface area (Å²) in [7, 11) is 0. The summed E-state index contributed by atoms with van der Waals surface area (Å²) in [6, 6.07) is 1.64. The molecule has 1 fully saturated rings. The summed E-state index contributed by atoms with van der Waals surface area (Å²) < 4.78 is 4.89. The number of amides is 1. The van der Waals surface area contributed by atoms with Gasteiger partial charge in [-0.05, 0) is 19.0 Å². The Balaban J connectivity index is 2.00. The molecule has 1 aromatic rings. The van der Waals surface area contributed by atoms with E-state index in [9.17, 15) is 9.59 Å². The van der Waals surface area contributed by atoms with E-state index in [4.69, 9.17) is 15.3 Å². The minimum absolute atomic E-state index is 0.0347. The number of primary amides is 1. The summed E-state index contributed by atoms with van der Waals surface area (Å²) >= 11 is 0. The van der Waals surface area contributed by atoms with E-state index in [1.807, 2.05) is 4.90 Å². The Bertz CT molecular complexity index is 440. The lowest BCUT2D eigenvalue weighted by molar-refractivity contribution is -0.121. The van der Waals surface area contributed by atoms with Crippen molar-refractivity contribution in [1.82, 2.24) is 4.90 Å². The first-order chi connectivity index (χ1) is 8.08. The molecule has 1 amide bonds. The van der Waals surface area contributed by atoms with Crippen molar-refractivity contribution in [3.63, 3.8) is 0 Å². The number of hydrogen-bond donors (Lipinski definition) is 2. The number of hydrogen-bond acceptors (Lipinski definition) is 4. The molecule has 0 aromatic carbocycles. The van der Waals surface area contributed by atoms with E-state index in [1.54, 1.807) is 6.07 Å². The molecule has 1 aromatic heterocycles. The number of carbonyl (C=O) groups excluding carboxylic acids is 1. The monoisotopic (exact) mass is 238 g/mol. The van der Waals surface area contributed by atoms with Gasteiger partial charge < -0.3 is 15.3 Å². The highest BCUT2D eigenvalue weighted by Crippen LogP contribution is 2.20. The van der Waals surface area contributed by atoms with Crippen molar-refractivity contribution in [2.24, 2.45) is 11.7 Å². The molecule has 1 saturated heterocycles. The van der Waals surface area contributed by atoms with Crippen LogP contribution < -0.4 is 5.73 Å². The first kappa shape index (κ1) is 11.7. The molecule has 1 unspecified atom stereocenters. The van der Waals surface area contributed by atoms with Gasteiger partial charge in [0, 0.05) is 18.7 Å². The molecule has 1 aliphatic heterocycles. The van der Waals surface area contributed by atoms with Gasteiger partial charge in [-0.15, -0.1) is 0 Å². The van der Waals surface area contributed by atoms with Crippen LogP contribution in [0, 0.1) is 5.92 Å². The molecule has 2 heterocycles. The fraction of sp³-hybridized carbons (Fsp3) is 0.455. The zero-order chi connectivity index (χ0) is 12.4. The molecular weight excluding hydrogens is 224 g/mol. The molecule has 0 aliphatic carbocycles. The van der Waals surface area contributed by atoms with Crippen LogP contribution in [0.25, 0.3) is 0 Å². The SMILES string of the molecule is NC(=O)C1CCN(Cc2ccoc2C(=O)O)C1. The quantitative estimate of drug-likeness (QED) is 0.785. The summed E-state index contributed by atoms with van der Waals surface area (Å²) in [5, 5.41) is 8.88. The van der Waals surface area contributed by atoms with Gasteiger partial charge in [-0.3, -0.25) is 9.69 Å². The Hall–Kier alpha value is -1.82. The Morgan fingerprint density at radius 2 is 2.35 bits per heavy atom. The summed E-state index contributed by atoms with van der Waals surface area (Å²) in [6.07, 6.45) is 2.09. The van der Waals surface area contributed by atoms with E-state index in [1.165, 1.54) is 6.26 Å². The lowest BCUT2D eigenvalue weighted by Gasteiger charge is -2.14. The number of aromatic carboxylic acids is 1. The summed E-state index contributed by atoms with van der Waals surface area (Å²) in [4.78, 5) is 23.9. The molecule has 6 nitrogen and oxygen atoms in total. The van der Waals surface area contributed by atoms with Crippen molar-refractivity contribution in [2.75, 3.05) is 13.1 Å². The van der Waals surface area contributed by atoms with Crippen LogP contribution in [0.3, 0.4) is 0 Å². The number of carbonyl (C=O) groups is 2. The minimum atomic E-state index is -1.07. The molecule has 0 bridgehead atoms. The van der Waals surface area contributed by atoms with Gasteiger partial charge in [0.1, 0.15) is 0 Å². The van der Waals surface area contributed by atoms with Gasteiger partial charge in [-0.1, -0.05) is 0 Å². The van der Waals surface area contributed by atoms with Crippen molar-refractivity contribution in [3.05, 3.63) is 23.7 Å². The molecule has 6 heteroatoms. The number of nitrogens with two attached hydrogens (primary N) is 1. The summed E-state index contributed by atoms with van der Waals surface area (Å²) in [5.41, 5.74) is 5.86. The van der Waals surface area contributed by atoms with E-state index < -0.39 is 5.97 Å². The number of nitrogens with zero attached hydrogens (tertiary/aromatic N) is 1. The van der Waals surface area contributed by atoms with Gasteiger partial charge in [0.15, 0.2) is 0 Å². The van der Waals surface area contributed by atoms with E-state index in [-0.39, 0.29) is 17.6 Å². The molecule has 1 atom stereocenters. The first-order valence-electron chi connectivity index (χ1n) is 5.39. The molecule has 0 radical (unpaired) electrons. The Kier molecular flexibility index (Phi) is 3.14. The number of likely N-dealkylation sites (tertiary alicyclic amines) is 1. The maximum atomic E-state index is 11.0. The average molecular weight is 238 g/mol. The maximum absolute atomic E-state index is 11.0. The van der Waals surface area contributed by atoms with Gasteiger partial charge in [0.05, 0.1) is 12.2 Å². The lowest BCUT2D eigenvalue weighted by Crippen LogP contribution is -2.27. The maximum Gasteiger partial charge on any atom is 0.372 e. The van der Waals surface area contributed by atoms with Crippen LogP contribution in [-0.4, -0.2) is 35.0 Å². The van der Waals surface area contributed by atoms with Crippen molar-refractivity contribution in [2.45, 2.75) is 13.0 Å². The molecule has 2 rings (SSSR count). The topological polar surface area (TPSA) is 96.8 Å². The van der Waals surface area contributed by atoms with E-state index >= 15 is 0 Å². The third-order valence-corrected chi connectivity index (χ3v) is 3.01. The molecule has 1 aliphatic rings. The van der Waals surface area contributed by atoms with Gasteiger partial charge in [-0.25, -0.2) is 4.79 Å². The zero-order valence-electron chi connectivity index (χ0n) is 9.26. The molecule has 0 saturated carbocycles. The third kappa shape index (κ3) is 2.47. The lowest BCUT2D eigenvalue weighted by atomic mass is 10.1. The van der Waals surface area contributed by atoms with Crippen LogP contribution in [0.15, 0.2) is 16.7 Å². The fourth-order valence-electron chi connectivity index (χ4n) is 2.10. The average Bonchev–Trinajstić information content (AvgIpc) is 2.86. The Morgan fingerprint density at radius 1 is 1.59 bits per heavy atom. The van der Waals surface area contributed by atoms with Crippen molar-refractivity contribution < 1.29 is 19.1 Å². The van der Waals surface area contributed by atoms with Crippen molar-refractivity contribution >= 4 is 11.9 Å². The van der Waals surface area contributed by atoms with Gasteiger partial charge in [0.25, 0.3) is 0 Å². The second-order valence-corrected chi connectivity index (χ2v) is 4.20. The van der Waals surface area contributed by atoms with Crippen LogP contribution in [-0.2, 0) is 11.3 Å². The largest absolute Gasteiger partial charge is 0.475 e. The molecule has 3 N–H and O–H groups in total. The fourth-order valence-corrected chi connectivity index (χ4v) is 2.10. The normalized spacial score (nSPS) is 20.6.